The average molecular weight is 527 g/mol. The van der Waals surface area contributed by atoms with Gasteiger partial charge in [-0.25, -0.2) is 19.2 Å². The van der Waals surface area contributed by atoms with Crippen molar-refractivity contribution in [2.75, 3.05) is 6.61 Å². The third-order valence-corrected chi connectivity index (χ3v) is 8.12. The predicted octanol–water partition coefficient (Wildman–Crippen LogP) is 8.61. The van der Waals surface area contributed by atoms with Crippen molar-refractivity contribution in [3.05, 3.63) is 42.2 Å². The lowest BCUT2D eigenvalue weighted by molar-refractivity contribution is -0.157. The van der Waals surface area contributed by atoms with Gasteiger partial charge >= 0.3 is 5.97 Å². The van der Waals surface area contributed by atoms with E-state index in [0.717, 1.165) is 42.8 Å². The largest absolute Gasteiger partial charge is 0.493 e. The molecule has 1 aromatic heterocycles. The monoisotopic (exact) mass is 526 g/mol. The first-order chi connectivity index (χ1) is 18.5. The Morgan fingerprint density at radius 2 is 1.53 bits per heavy atom. The van der Waals surface area contributed by atoms with Crippen LogP contribution in [0.2, 0.25) is 0 Å². The Labute approximate surface area is 228 Å². The summed E-state index contributed by atoms with van der Waals surface area (Å²) in [5.74, 6) is 0.137. The standard InChI is InChI=1S/C32H47FN2O3/c1-3-5-7-8-9-10-11-12-26-22-34-30(35-23-26)27-15-19-29(20-16-27)38-24-25-13-17-28(18-14-25)32(33,31(36)37)21-6-4-2/h15-16,19-20,22-23,25,28H,3-14,17-18,21,24H2,1-2H3,(H,36,37)/t25?,28?,32-/m0/s1. The summed E-state index contributed by atoms with van der Waals surface area (Å²) in [5, 5.41) is 9.51. The van der Waals surface area contributed by atoms with Gasteiger partial charge in [-0.1, -0.05) is 58.8 Å². The summed E-state index contributed by atoms with van der Waals surface area (Å²) in [5.41, 5.74) is 0.0577. The number of alkyl halides is 1. The zero-order valence-corrected chi connectivity index (χ0v) is 23.5. The molecule has 0 amide bonds. The summed E-state index contributed by atoms with van der Waals surface area (Å²) in [6.07, 6.45) is 18.4. The number of ether oxygens (including phenoxy) is 1. The molecule has 38 heavy (non-hydrogen) atoms. The van der Waals surface area contributed by atoms with E-state index in [4.69, 9.17) is 4.74 Å². The number of hydrogen-bond donors (Lipinski definition) is 1. The molecule has 1 saturated carbocycles. The molecule has 1 aliphatic carbocycles. The van der Waals surface area contributed by atoms with Crippen LogP contribution in [0.5, 0.6) is 5.75 Å². The quantitative estimate of drug-likeness (QED) is 0.209. The van der Waals surface area contributed by atoms with E-state index in [1.807, 2.05) is 43.6 Å². The number of hydrogen-bond acceptors (Lipinski definition) is 4. The van der Waals surface area contributed by atoms with E-state index in [1.54, 1.807) is 0 Å². The lowest BCUT2D eigenvalue weighted by Gasteiger charge is -2.35. The van der Waals surface area contributed by atoms with E-state index in [-0.39, 0.29) is 6.42 Å². The molecule has 2 aromatic rings. The maximum Gasteiger partial charge on any atom is 0.341 e. The molecule has 0 bridgehead atoms. The summed E-state index contributed by atoms with van der Waals surface area (Å²) < 4.78 is 21.3. The molecule has 1 aromatic carbocycles. The van der Waals surface area contributed by atoms with Crippen molar-refractivity contribution in [1.29, 1.82) is 0 Å². The molecule has 0 spiro atoms. The SMILES string of the molecule is CCCCCCCCCc1cnc(-c2ccc(OCC3CCC([C@@](F)(CCCC)C(=O)O)CC3)cc2)nc1. The van der Waals surface area contributed by atoms with E-state index in [9.17, 15) is 9.90 Å². The number of carboxylic acid groups (broad SMARTS) is 1. The second-order valence-corrected chi connectivity index (χ2v) is 11.1. The van der Waals surface area contributed by atoms with Crippen LogP contribution >= 0.6 is 0 Å². The van der Waals surface area contributed by atoms with E-state index in [0.29, 0.717) is 31.8 Å². The Morgan fingerprint density at radius 3 is 2.13 bits per heavy atom. The van der Waals surface area contributed by atoms with Gasteiger partial charge in [0.2, 0.25) is 5.67 Å². The molecule has 1 N–H and O–H groups in total. The predicted molar refractivity (Wildman–Crippen MR) is 151 cm³/mol. The fourth-order valence-electron chi connectivity index (χ4n) is 5.54. The van der Waals surface area contributed by atoms with Crippen LogP contribution in [0, 0.1) is 11.8 Å². The minimum absolute atomic E-state index is 0.114. The highest BCUT2D eigenvalue weighted by Crippen LogP contribution is 2.41. The second-order valence-electron chi connectivity index (χ2n) is 11.1. The first-order valence-electron chi connectivity index (χ1n) is 14.9. The number of aryl methyl sites for hydroxylation is 1. The molecule has 1 atom stereocenters. The highest BCUT2D eigenvalue weighted by Gasteiger charge is 2.46. The summed E-state index contributed by atoms with van der Waals surface area (Å²) in [4.78, 5) is 20.8. The molecule has 6 heteroatoms. The van der Waals surface area contributed by atoms with Gasteiger partial charge < -0.3 is 9.84 Å². The minimum atomic E-state index is -2.09. The van der Waals surface area contributed by atoms with Crippen LogP contribution in [0.1, 0.15) is 109 Å². The van der Waals surface area contributed by atoms with Crippen LogP contribution in [0.25, 0.3) is 11.4 Å². The van der Waals surface area contributed by atoms with E-state index >= 15 is 4.39 Å². The molecular formula is C32H47FN2O3. The first-order valence-corrected chi connectivity index (χ1v) is 14.9. The molecule has 1 fully saturated rings. The molecule has 1 aliphatic rings. The average Bonchev–Trinajstić information content (AvgIpc) is 2.95. The van der Waals surface area contributed by atoms with E-state index in [1.165, 1.54) is 50.5 Å². The van der Waals surface area contributed by atoms with Gasteiger partial charge in [0.25, 0.3) is 0 Å². The molecule has 1 heterocycles. The van der Waals surface area contributed by atoms with Crippen LogP contribution in [-0.2, 0) is 11.2 Å². The van der Waals surface area contributed by atoms with Gasteiger partial charge in [0.15, 0.2) is 5.82 Å². The topological polar surface area (TPSA) is 72.3 Å². The van der Waals surface area contributed by atoms with Gasteiger partial charge in [0, 0.05) is 23.9 Å². The number of carboxylic acids is 1. The summed E-state index contributed by atoms with van der Waals surface area (Å²) in [6, 6.07) is 7.85. The van der Waals surface area contributed by atoms with Crippen LogP contribution in [0.15, 0.2) is 36.7 Å². The Morgan fingerprint density at radius 1 is 0.921 bits per heavy atom. The van der Waals surface area contributed by atoms with Gasteiger partial charge in [-0.15, -0.1) is 0 Å². The number of aromatic nitrogens is 2. The van der Waals surface area contributed by atoms with E-state index < -0.39 is 17.6 Å². The second kappa shape index (κ2) is 15.8. The fraction of sp³-hybridized carbons (Fsp3) is 0.656. The van der Waals surface area contributed by atoms with Gasteiger partial charge in [-0.2, -0.15) is 0 Å². The Kier molecular flexibility index (Phi) is 12.5. The van der Waals surface area contributed by atoms with Crippen molar-refractivity contribution in [3.63, 3.8) is 0 Å². The minimum Gasteiger partial charge on any atom is -0.493 e. The van der Waals surface area contributed by atoms with Crippen LogP contribution < -0.4 is 4.74 Å². The molecule has 210 valence electrons. The van der Waals surface area contributed by atoms with Crippen molar-refractivity contribution in [3.8, 4) is 17.1 Å². The summed E-state index contributed by atoms with van der Waals surface area (Å²) >= 11 is 0. The Bertz CT molecular complexity index is 942. The summed E-state index contributed by atoms with van der Waals surface area (Å²) in [7, 11) is 0. The lowest BCUT2D eigenvalue weighted by atomic mass is 9.72. The molecule has 5 nitrogen and oxygen atoms in total. The highest BCUT2D eigenvalue weighted by molar-refractivity contribution is 5.77. The Hall–Kier alpha value is -2.50. The third-order valence-electron chi connectivity index (χ3n) is 8.12. The van der Waals surface area contributed by atoms with Gasteiger partial charge in [-0.05, 0) is 87.1 Å². The van der Waals surface area contributed by atoms with Crippen molar-refractivity contribution in [2.24, 2.45) is 11.8 Å². The number of halogens is 1. The molecule has 0 saturated heterocycles. The molecule has 0 aliphatic heterocycles. The number of nitrogens with zero attached hydrogens (tertiary/aromatic N) is 2. The number of aliphatic carboxylic acids is 1. The maximum atomic E-state index is 15.2. The number of carbonyl (C=O) groups is 1. The van der Waals surface area contributed by atoms with Crippen LogP contribution in [0.3, 0.4) is 0 Å². The highest BCUT2D eigenvalue weighted by atomic mass is 19.1. The van der Waals surface area contributed by atoms with Crippen molar-refractivity contribution in [1.82, 2.24) is 9.97 Å². The first kappa shape index (κ1) is 30.0. The van der Waals surface area contributed by atoms with Gasteiger partial charge in [0.05, 0.1) is 6.61 Å². The molecule has 0 radical (unpaired) electrons. The summed E-state index contributed by atoms with van der Waals surface area (Å²) in [6.45, 7) is 4.78. The zero-order valence-electron chi connectivity index (χ0n) is 23.5. The van der Waals surface area contributed by atoms with Crippen LogP contribution in [-0.4, -0.2) is 33.3 Å². The van der Waals surface area contributed by atoms with E-state index in [2.05, 4.69) is 16.9 Å². The zero-order chi connectivity index (χ0) is 27.2. The molecule has 3 rings (SSSR count). The number of benzene rings is 1. The number of unbranched alkanes of at least 4 members (excludes halogenated alkanes) is 7. The van der Waals surface area contributed by atoms with Crippen molar-refractivity contribution < 1.29 is 19.0 Å². The van der Waals surface area contributed by atoms with Crippen molar-refractivity contribution >= 4 is 5.97 Å². The Balaban J connectivity index is 1.40. The number of rotatable bonds is 17. The van der Waals surface area contributed by atoms with Crippen LogP contribution in [0.4, 0.5) is 4.39 Å². The lowest BCUT2D eigenvalue weighted by Crippen LogP contribution is -2.43. The smallest absolute Gasteiger partial charge is 0.341 e. The van der Waals surface area contributed by atoms with Crippen molar-refractivity contribution in [2.45, 2.75) is 116 Å². The molecule has 0 unspecified atom stereocenters. The third kappa shape index (κ3) is 9.06. The fourth-order valence-corrected chi connectivity index (χ4v) is 5.54. The van der Waals surface area contributed by atoms with Gasteiger partial charge in [-0.3, -0.25) is 0 Å². The van der Waals surface area contributed by atoms with Gasteiger partial charge in [0.1, 0.15) is 5.75 Å². The maximum absolute atomic E-state index is 15.2. The normalized spacial score (nSPS) is 19.1. The molecular weight excluding hydrogens is 479 g/mol.